The molecule has 0 aliphatic heterocycles. The highest BCUT2D eigenvalue weighted by Crippen LogP contribution is 2.22. The highest BCUT2D eigenvalue weighted by atomic mass is 19.4. The molecule has 2 atom stereocenters. The number of hydrogen-bond donors (Lipinski definition) is 2. The molecule has 4 nitrogen and oxygen atoms in total. The van der Waals surface area contributed by atoms with Gasteiger partial charge in [0, 0.05) is 6.04 Å². The van der Waals surface area contributed by atoms with Gasteiger partial charge in [0.05, 0.1) is 6.54 Å². The van der Waals surface area contributed by atoms with Crippen LogP contribution >= 0.6 is 0 Å². The number of nitrogens with zero attached hydrogens (tertiary/aromatic N) is 1. The van der Waals surface area contributed by atoms with Gasteiger partial charge in [0.2, 0.25) is 0 Å². The van der Waals surface area contributed by atoms with Crippen LogP contribution in [0.15, 0.2) is 0 Å². The Bertz CT molecular complexity index is 297. The fourth-order valence-electron chi connectivity index (χ4n) is 2.15. The number of rotatable bonds is 8. The lowest BCUT2D eigenvalue weighted by atomic mass is 9.92. The van der Waals surface area contributed by atoms with E-state index in [9.17, 15) is 23.1 Å². The standard InChI is InChI=1S/C12H23F3N2O2/c1-5-16-11(4,10(18)19)7-9(3)17(6-2)8-12(13,14)15/h9,16H,5-8H2,1-4H3,(H,18,19). The first-order chi connectivity index (χ1) is 8.55. The molecule has 114 valence electrons. The van der Waals surface area contributed by atoms with Gasteiger partial charge in [0.25, 0.3) is 0 Å². The second kappa shape index (κ2) is 7.09. The van der Waals surface area contributed by atoms with E-state index in [1.165, 1.54) is 11.8 Å². The van der Waals surface area contributed by atoms with Crippen LogP contribution < -0.4 is 5.32 Å². The molecule has 0 aromatic carbocycles. The van der Waals surface area contributed by atoms with Crippen LogP contribution in [-0.4, -0.2) is 53.4 Å². The minimum atomic E-state index is -4.28. The minimum absolute atomic E-state index is 0.111. The first-order valence-electron chi connectivity index (χ1n) is 6.35. The van der Waals surface area contributed by atoms with Crippen molar-refractivity contribution < 1.29 is 23.1 Å². The summed E-state index contributed by atoms with van der Waals surface area (Å²) in [5.74, 6) is -1.05. The zero-order valence-electron chi connectivity index (χ0n) is 11.8. The first-order valence-corrected chi connectivity index (χ1v) is 6.35. The molecule has 0 spiro atoms. The molecule has 0 saturated carbocycles. The van der Waals surface area contributed by atoms with Crippen molar-refractivity contribution in [2.75, 3.05) is 19.6 Å². The van der Waals surface area contributed by atoms with Crippen LogP contribution in [0.2, 0.25) is 0 Å². The predicted octanol–water partition coefficient (Wildman–Crippen LogP) is 2.10. The second-order valence-electron chi connectivity index (χ2n) is 4.90. The number of hydrogen-bond acceptors (Lipinski definition) is 3. The largest absolute Gasteiger partial charge is 0.480 e. The number of carbonyl (C=O) groups is 1. The van der Waals surface area contributed by atoms with Crippen molar-refractivity contribution in [1.29, 1.82) is 0 Å². The molecule has 0 aromatic rings. The summed E-state index contributed by atoms with van der Waals surface area (Å²) in [6, 6.07) is -0.480. The summed E-state index contributed by atoms with van der Waals surface area (Å²) >= 11 is 0. The van der Waals surface area contributed by atoms with Crippen molar-refractivity contribution in [3.63, 3.8) is 0 Å². The smallest absolute Gasteiger partial charge is 0.401 e. The Hall–Kier alpha value is -0.820. The van der Waals surface area contributed by atoms with Gasteiger partial charge >= 0.3 is 12.1 Å². The molecular formula is C12H23F3N2O2. The van der Waals surface area contributed by atoms with Gasteiger partial charge in [-0.25, -0.2) is 0 Å². The van der Waals surface area contributed by atoms with E-state index in [0.717, 1.165) is 0 Å². The average molecular weight is 284 g/mol. The van der Waals surface area contributed by atoms with Gasteiger partial charge in [-0.05, 0) is 33.4 Å². The monoisotopic (exact) mass is 284 g/mol. The Morgan fingerprint density at radius 1 is 1.37 bits per heavy atom. The fourth-order valence-corrected chi connectivity index (χ4v) is 2.15. The highest BCUT2D eigenvalue weighted by Gasteiger charge is 2.38. The summed E-state index contributed by atoms with van der Waals surface area (Å²) in [5.41, 5.74) is -1.22. The topological polar surface area (TPSA) is 52.6 Å². The number of halogens is 3. The SMILES string of the molecule is CCNC(C)(CC(C)N(CC)CC(F)(F)F)C(=O)O. The maximum absolute atomic E-state index is 12.4. The van der Waals surface area contributed by atoms with E-state index in [4.69, 9.17) is 0 Å². The zero-order chi connectivity index (χ0) is 15.3. The Labute approximate surface area is 112 Å². The molecular weight excluding hydrogens is 261 g/mol. The molecule has 0 radical (unpaired) electrons. The van der Waals surface area contributed by atoms with Crippen molar-refractivity contribution >= 4 is 5.97 Å². The van der Waals surface area contributed by atoms with Crippen LogP contribution in [0, 0.1) is 0 Å². The molecule has 0 aromatic heterocycles. The van der Waals surface area contributed by atoms with E-state index in [1.807, 2.05) is 0 Å². The number of likely N-dealkylation sites (N-methyl/N-ethyl adjacent to an activating group) is 1. The molecule has 0 aliphatic carbocycles. The van der Waals surface area contributed by atoms with E-state index < -0.39 is 30.3 Å². The van der Waals surface area contributed by atoms with Gasteiger partial charge in [-0.1, -0.05) is 13.8 Å². The molecule has 2 unspecified atom stereocenters. The Morgan fingerprint density at radius 2 is 1.89 bits per heavy atom. The van der Waals surface area contributed by atoms with Crippen molar-refractivity contribution in [2.24, 2.45) is 0 Å². The summed E-state index contributed by atoms with van der Waals surface area (Å²) in [6.07, 6.45) is -4.16. The number of carboxylic acid groups (broad SMARTS) is 1. The van der Waals surface area contributed by atoms with E-state index in [0.29, 0.717) is 6.54 Å². The molecule has 7 heteroatoms. The third-order valence-electron chi connectivity index (χ3n) is 3.15. The summed E-state index contributed by atoms with van der Waals surface area (Å²) in [6.45, 7) is 6.16. The van der Waals surface area contributed by atoms with Gasteiger partial charge in [-0.15, -0.1) is 0 Å². The Balaban J connectivity index is 4.78. The molecule has 0 aliphatic rings. The molecule has 0 bridgehead atoms. The fraction of sp³-hybridized carbons (Fsp3) is 0.917. The number of carboxylic acids is 1. The molecule has 2 N–H and O–H groups in total. The van der Waals surface area contributed by atoms with Gasteiger partial charge in [0.1, 0.15) is 5.54 Å². The highest BCUT2D eigenvalue weighted by molar-refractivity contribution is 5.78. The molecule has 0 rings (SSSR count). The summed E-state index contributed by atoms with van der Waals surface area (Å²) in [4.78, 5) is 12.5. The lowest BCUT2D eigenvalue weighted by molar-refractivity contribution is -0.152. The van der Waals surface area contributed by atoms with Crippen molar-refractivity contribution in [3.8, 4) is 0 Å². The summed E-state index contributed by atoms with van der Waals surface area (Å²) in [7, 11) is 0. The van der Waals surface area contributed by atoms with Crippen LogP contribution in [0.5, 0.6) is 0 Å². The van der Waals surface area contributed by atoms with Gasteiger partial charge in [-0.2, -0.15) is 13.2 Å². The molecule has 0 saturated heterocycles. The molecule has 0 amide bonds. The normalized spacial score (nSPS) is 17.3. The maximum atomic E-state index is 12.4. The lowest BCUT2D eigenvalue weighted by Gasteiger charge is -2.35. The molecule has 0 heterocycles. The number of alkyl halides is 3. The van der Waals surface area contributed by atoms with E-state index in [2.05, 4.69) is 5.32 Å². The van der Waals surface area contributed by atoms with Crippen LogP contribution in [0.1, 0.15) is 34.1 Å². The first kappa shape index (κ1) is 18.2. The molecule has 19 heavy (non-hydrogen) atoms. The van der Waals surface area contributed by atoms with Gasteiger partial charge in [-0.3, -0.25) is 9.69 Å². The van der Waals surface area contributed by atoms with Crippen LogP contribution in [0.25, 0.3) is 0 Å². The summed E-state index contributed by atoms with van der Waals surface area (Å²) < 4.78 is 37.3. The Morgan fingerprint density at radius 3 is 2.21 bits per heavy atom. The number of aliphatic carboxylic acids is 1. The van der Waals surface area contributed by atoms with Crippen LogP contribution in [0.4, 0.5) is 13.2 Å². The maximum Gasteiger partial charge on any atom is 0.401 e. The molecule has 0 fully saturated rings. The third kappa shape index (κ3) is 6.24. The number of nitrogens with one attached hydrogen (secondary N) is 1. The zero-order valence-corrected chi connectivity index (χ0v) is 11.8. The van der Waals surface area contributed by atoms with Crippen molar-refractivity contribution in [1.82, 2.24) is 10.2 Å². The van der Waals surface area contributed by atoms with E-state index in [1.54, 1.807) is 20.8 Å². The van der Waals surface area contributed by atoms with E-state index >= 15 is 0 Å². The Kier molecular flexibility index (Phi) is 6.79. The lowest BCUT2D eigenvalue weighted by Crippen LogP contribution is -2.54. The predicted molar refractivity (Wildman–Crippen MR) is 67.1 cm³/mol. The third-order valence-corrected chi connectivity index (χ3v) is 3.15. The quantitative estimate of drug-likeness (QED) is 0.717. The van der Waals surface area contributed by atoms with Crippen LogP contribution in [0.3, 0.4) is 0 Å². The average Bonchev–Trinajstić information content (AvgIpc) is 2.24. The summed E-state index contributed by atoms with van der Waals surface area (Å²) in [5, 5.41) is 12.0. The van der Waals surface area contributed by atoms with Crippen LogP contribution in [-0.2, 0) is 4.79 Å². The van der Waals surface area contributed by atoms with Crippen molar-refractivity contribution in [2.45, 2.75) is 51.9 Å². The van der Waals surface area contributed by atoms with E-state index in [-0.39, 0.29) is 13.0 Å². The van der Waals surface area contributed by atoms with Gasteiger partial charge < -0.3 is 10.4 Å². The minimum Gasteiger partial charge on any atom is -0.480 e. The van der Waals surface area contributed by atoms with Crippen molar-refractivity contribution in [3.05, 3.63) is 0 Å². The van der Waals surface area contributed by atoms with Gasteiger partial charge in [0.15, 0.2) is 0 Å². The second-order valence-corrected chi connectivity index (χ2v) is 4.90.